The zero-order valence-electron chi connectivity index (χ0n) is 13.1. The van der Waals surface area contributed by atoms with E-state index in [4.69, 9.17) is 0 Å². The van der Waals surface area contributed by atoms with Crippen LogP contribution in [0.1, 0.15) is 51.9 Å². The molecule has 2 nitrogen and oxygen atoms in total. The lowest BCUT2D eigenvalue weighted by atomic mass is 9.84. The molecular formula is C16H29F3N2. The van der Waals surface area contributed by atoms with Crippen molar-refractivity contribution in [2.24, 2.45) is 11.8 Å². The quantitative estimate of drug-likeness (QED) is 0.830. The van der Waals surface area contributed by atoms with Crippen LogP contribution in [0.15, 0.2) is 0 Å². The van der Waals surface area contributed by atoms with Gasteiger partial charge >= 0.3 is 6.18 Å². The minimum Gasteiger partial charge on any atom is -0.317 e. The Morgan fingerprint density at radius 3 is 2.14 bits per heavy atom. The fraction of sp³-hybridized carbons (Fsp3) is 1.00. The van der Waals surface area contributed by atoms with Crippen LogP contribution in [0.4, 0.5) is 13.2 Å². The standard InChI is InChI=1S/C16H29F3N2/c1-2-11-21(12-13-7-9-20-10-8-13)15-5-3-14(4-6-15)16(17,18)19/h13-15,20H,2-12H2,1H3. The van der Waals surface area contributed by atoms with E-state index in [0.29, 0.717) is 18.9 Å². The lowest BCUT2D eigenvalue weighted by molar-refractivity contribution is -0.184. The summed E-state index contributed by atoms with van der Waals surface area (Å²) in [7, 11) is 0. The van der Waals surface area contributed by atoms with Crippen molar-refractivity contribution in [3.63, 3.8) is 0 Å². The van der Waals surface area contributed by atoms with Gasteiger partial charge in [0.2, 0.25) is 0 Å². The summed E-state index contributed by atoms with van der Waals surface area (Å²) in [5.41, 5.74) is 0. The van der Waals surface area contributed by atoms with E-state index in [1.807, 2.05) is 0 Å². The minimum absolute atomic E-state index is 0.320. The Bertz CT molecular complexity index is 292. The molecular weight excluding hydrogens is 277 g/mol. The topological polar surface area (TPSA) is 15.3 Å². The Labute approximate surface area is 126 Å². The number of hydrogen-bond acceptors (Lipinski definition) is 2. The summed E-state index contributed by atoms with van der Waals surface area (Å²) < 4.78 is 38.3. The summed E-state index contributed by atoms with van der Waals surface area (Å²) in [6, 6.07) is 0.374. The van der Waals surface area contributed by atoms with E-state index in [0.717, 1.165) is 51.4 Å². The smallest absolute Gasteiger partial charge is 0.317 e. The van der Waals surface area contributed by atoms with Gasteiger partial charge in [-0.2, -0.15) is 13.2 Å². The van der Waals surface area contributed by atoms with Crippen molar-refractivity contribution < 1.29 is 13.2 Å². The van der Waals surface area contributed by atoms with Gasteiger partial charge in [0.15, 0.2) is 0 Å². The average Bonchev–Trinajstić information content (AvgIpc) is 2.47. The first kappa shape index (κ1) is 17.1. The third kappa shape index (κ3) is 5.13. The lowest BCUT2D eigenvalue weighted by Crippen LogP contribution is -2.44. The molecule has 1 aliphatic carbocycles. The highest BCUT2D eigenvalue weighted by atomic mass is 19.4. The molecule has 1 heterocycles. The highest BCUT2D eigenvalue weighted by Gasteiger charge is 2.42. The third-order valence-electron chi connectivity index (χ3n) is 5.14. The van der Waals surface area contributed by atoms with Gasteiger partial charge in [0.25, 0.3) is 0 Å². The van der Waals surface area contributed by atoms with Crippen LogP contribution in [0, 0.1) is 11.8 Å². The van der Waals surface area contributed by atoms with Gasteiger partial charge in [0.05, 0.1) is 5.92 Å². The first-order chi connectivity index (χ1) is 10.0. The van der Waals surface area contributed by atoms with Crippen molar-refractivity contribution in [3.8, 4) is 0 Å². The van der Waals surface area contributed by atoms with E-state index >= 15 is 0 Å². The number of nitrogens with one attached hydrogen (secondary N) is 1. The first-order valence-electron chi connectivity index (χ1n) is 8.52. The normalized spacial score (nSPS) is 29.0. The Morgan fingerprint density at radius 1 is 1.00 bits per heavy atom. The Morgan fingerprint density at radius 2 is 1.62 bits per heavy atom. The Hall–Kier alpha value is -0.290. The molecule has 0 bridgehead atoms. The molecule has 2 rings (SSSR count). The van der Waals surface area contributed by atoms with Gasteiger partial charge in [-0.25, -0.2) is 0 Å². The van der Waals surface area contributed by atoms with E-state index in [2.05, 4.69) is 17.1 Å². The van der Waals surface area contributed by atoms with Crippen molar-refractivity contribution in [2.75, 3.05) is 26.2 Å². The SMILES string of the molecule is CCCN(CC1CCNCC1)C1CCC(C(F)(F)F)CC1. The fourth-order valence-electron chi connectivity index (χ4n) is 3.87. The second kappa shape index (κ2) is 7.82. The molecule has 0 atom stereocenters. The molecule has 0 aromatic heterocycles. The molecule has 2 aliphatic rings. The zero-order chi connectivity index (χ0) is 15.3. The molecule has 1 N–H and O–H groups in total. The number of piperidine rings is 1. The maximum absolute atomic E-state index is 12.8. The fourth-order valence-corrected chi connectivity index (χ4v) is 3.87. The summed E-state index contributed by atoms with van der Waals surface area (Å²) in [5.74, 6) is -0.339. The Balaban J connectivity index is 1.84. The molecule has 1 saturated carbocycles. The van der Waals surface area contributed by atoms with Gasteiger partial charge in [-0.3, -0.25) is 0 Å². The molecule has 5 heteroatoms. The predicted molar refractivity (Wildman–Crippen MR) is 79.3 cm³/mol. The average molecular weight is 306 g/mol. The molecule has 1 saturated heterocycles. The van der Waals surface area contributed by atoms with Crippen LogP contribution in [-0.4, -0.2) is 43.3 Å². The van der Waals surface area contributed by atoms with Crippen molar-refractivity contribution in [1.29, 1.82) is 0 Å². The van der Waals surface area contributed by atoms with Gasteiger partial charge in [-0.15, -0.1) is 0 Å². The number of nitrogens with zero attached hydrogens (tertiary/aromatic N) is 1. The maximum Gasteiger partial charge on any atom is 0.391 e. The zero-order valence-corrected chi connectivity index (χ0v) is 13.1. The van der Waals surface area contributed by atoms with Crippen molar-refractivity contribution in [2.45, 2.75) is 64.1 Å². The molecule has 0 aromatic rings. The van der Waals surface area contributed by atoms with Crippen LogP contribution in [0.2, 0.25) is 0 Å². The predicted octanol–water partition coefficient (Wildman–Crippen LogP) is 3.82. The molecule has 0 radical (unpaired) electrons. The van der Waals surface area contributed by atoms with Crippen molar-refractivity contribution in [3.05, 3.63) is 0 Å². The molecule has 0 spiro atoms. The highest BCUT2D eigenvalue weighted by Crippen LogP contribution is 2.39. The minimum atomic E-state index is -3.99. The molecule has 2 fully saturated rings. The van der Waals surface area contributed by atoms with Crippen LogP contribution < -0.4 is 5.32 Å². The van der Waals surface area contributed by atoms with Crippen LogP contribution in [-0.2, 0) is 0 Å². The van der Waals surface area contributed by atoms with Crippen LogP contribution in [0.3, 0.4) is 0 Å². The second-order valence-electron chi connectivity index (χ2n) is 6.74. The highest BCUT2D eigenvalue weighted by molar-refractivity contribution is 4.84. The number of halogens is 3. The monoisotopic (exact) mass is 306 g/mol. The van der Waals surface area contributed by atoms with Gasteiger partial charge in [-0.05, 0) is 70.5 Å². The number of rotatable bonds is 5. The van der Waals surface area contributed by atoms with Gasteiger partial charge in [-0.1, -0.05) is 6.92 Å². The first-order valence-corrected chi connectivity index (χ1v) is 8.52. The van der Waals surface area contributed by atoms with Gasteiger partial charge in [0, 0.05) is 12.6 Å². The number of alkyl halides is 3. The van der Waals surface area contributed by atoms with Crippen LogP contribution in [0.25, 0.3) is 0 Å². The molecule has 0 unspecified atom stereocenters. The molecule has 124 valence electrons. The van der Waals surface area contributed by atoms with Gasteiger partial charge < -0.3 is 10.2 Å². The summed E-state index contributed by atoms with van der Waals surface area (Å²) in [5, 5.41) is 3.38. The van der Waals surface area contributed by atoms with Gasteiger partial charge in [0.1, 0.15) is 0 Å². The molecule has 0 aromatic carbocycles. The third-order valence-corrected chi connectivity index (χ3v) is 5.14. The lowest BCUT2D eigenvalue weighted by Gasteiger charge is -2.39. The van der Waals surface area contributed by atoms with E-state index < -0.39 is 12.1 Å². The molecule has 0 amide bonds. The van der Waals surface area contributed by atoms with E-state index in [-0.39, 0.29) is 0 Å². The molecule has 1 aliphatic heterocycles. The summed E-state index contributed by atoms with van der Waals surface area (Å²) >= 11 is 0. The Kier molecular flexibility index (Phi) is 6.35. The number of hydrogen-bond donors (Lipinski definition) is 1. The van der Waals surface area contributed by atoms with E-state index in [9.17, 15) is 13.2 Å². The van der Waals surface area contributed by atoms with Crippen molar-refractivity contribution in [1.82, 2.24) is 10.2 Å². The maximum atomic E-state index is 12.8. The summed E-state index contributed by atoms with van der Waals surface area (Å²) in [6.45, 7) is 6.45. The summed E-state index contributed by atoms with van der Waals surface area (Å²) in [4.78, 5) is 2.49. The van der Waals surface area contributed by atoms with Crippen LogP contribution >= 0.6 is 0 Å². The largest absolute Gasteiger partial charge is 0.391 e. The van der Waals surface area contributed by atoms with E-state index in [1.54, 1.807) is 0 Å². The van der Waals surface area contributed by atoms with E-state index in [1.165, 1.54) is 12.8 Å². The van der Waals surface area contributed by atoms with Crippen molar-refractivity contribution >= 4 is 0 Å². The van der Waals surface area contributed by atoms with Crippen LogP contribution in [0.5, 0.6) is 0 Å². The molecule has 21 heavy (non-hydrogen) atoms. The summed E-state index contributed by atoms with van der Waals surface area (Å²) in [6.07, 6.45) is 1.58. The second-order valence-corrected chi connectivity index (χ2v) is 6.74.